The molecule has 2 N–H and O–H groups in total. The molecule has 2 unspecified atom stereocenters. The number of benzene rings is 1. The second kappa shape index (κ2) is 12.4. The van der Waals surface area contributed by atoms with Crippen LogP contribution in [0.5, 0.6) is 0 Å². The second-order valence-electron chi connectivity index (χ2n) is 8.25. The van der Waals surface area contributed by atoms with Gasteiger partial charge in [0.05, 0.1) is 21.8 Å². The fourth-order valence-electron chi connectivity index (χ4n) is 2.30. The van der Waals surface area contributed by atoms with Crippen LogP contribution in [0, 0.1) is 10.9 Å². The molecule has 32 heavy (non-hydrogen) atoms. The molecule has 0 heterocycles. The standard InChI is InChI=1S/C22H29N3O7/c1-14(2)30-18(27)17(12-11-16(26)13-24-23)25-21(29)32-19(15-9-7-6-8-10-15)31-20(28)22(3,4)5/h6-10,13-14,17,19,23H,11-12H2,1-5H3/p+1. The molecule has 2 atom stereocenters. The van der Waals surface area contributed by atoms with Crippen LogP contribution in [0.25, 0.3) is 0 Å². The highest BCUT2D eigenvalue weighted by Crippen LogP contribution is 2.25. The lowest BCUT2D eigenvalue weighted by molar-refractivity contribution is -0.179. The van der Waals surface area contributed by atoms with Gasteiger partial charge >= 0.3 is 24.2 Å². The first-order valence-electron chi connectivity index (χ1n) is 10.1. The molecule has 0 aliphatic carbocycles. The minimum absolute atomic E-state index is 0.0940. The molecule has 0 saturated carbocycles. The molecule has 0 aromatic heterocycles. The lowest BCUT2D eigenvalue weighted by Crippen LogP contribution is -2.44. The molecular formula is C22H30N3O7+. The Morgan fingerprint density at radius 2 is 1.69 bits per heavy atom. The SMILES string of the molecule is CC(C)OC(=O)C(CCC(=O)C=[N+]=N)NC(=O)OC(OC(=O)C(C)(C)C)c1ccccc1. The third kappa shape index (κ3) is 9.53. The smallest absolute Gasteiger partial charge is 0.411 e. The van der Waals surface area contributed by atoms with E-state index in [4.69, 9.17) is 19.7 Å². The van der Waals surface area contributed by atoms with E-state index in [0.29, 0.717) is 5.56 Å². The van der Waals surface area contributed by atoms with Crippen molar-refractivity contribution < 1.29 is 38.2 Å². The molecule has 0 fully saturated rings. The van der Waals surface area contributed by atoms with Gasteiger partial charge in [0.1, 0.15) is 6.04 Å². The maximum absolute atomic E-state index is 12.6. The molecule has 1 aromatic carbocycles. The van der Waals surface area contributed by atoms with Crippen molar-refractivity contribution in [3.63, 3.8) is 0 Å². The third-order valence-corrected chi connectivity index (χ3v) is 3.93. The lowest BCUT2D eigenvalue weighted by atomic mass is 9.97. The number of carbonyl (C=O) groups is 4. The zero-order valence-corrected chi connectivity index (χ0v) is 18.9. The minimum Gasteiger partial charge on any atom is -0.461 e. The summed E-state index contributed by atoms with van der Waals surface area (Å²) < 4.78 is 15.8. The van der Waals surface area contributed by atoms with Gasteiger partial charge in [-0.3, -0.25) is 9.59 Å². The molecule has 10 nitrogen and oxygen atoms in total. The van der Waals surface area contributed by atoms with E-state index in [-0.39, 0.29) is 12.8 Å². The van der Waals surface area contributed by atoms with Crippen molar-refractivity contribution in [2.45, 2.75) is 65.9 Å². The first-order chi connectivity index (χ1) is 14.9. The summed E-state index contributed by atoms with van der Waals surface area (Å²) in [6.07, 6.45) is -2.27. The molecule has 0 saturated heterocycles. The Labute approximate surface area is 186 Å². The van der Waals surface area contributed by atoms with Gasteiger partial charge in [0.15, 0.2) is 0 Å². The quantitative estimate of drug-likeness (QED) is 0.184. The number of rotatable bonds is 10. The first-order valence-corrected chi connectivity index (χ1v) is 10.1. The molecule has 0 spiro atoms. The number of ether oxygens (including phenoxy) is 3. The van der Waals surface area contributed by atoms with E-state index in [1.165, 1.54) is 0 Å². The summed E-state index contributed by atoms with van der Waals surface area (Å²) in [5.74, 6) is -1.83. The summed E-state index contributed by atoms with van der Waals surface area (Å²) in [5.41, 5.74) is 6.28. The zero-order valence-electron chi connectivity index (χ0n) is 18.9. The molecule has 0 bridgehead atoms. The molecular weight excluding hydrogens is 418 g/mol. The number of ketones is 1. The maximum Gasteiger partial charge on any atom is 0.411 e. The van der Waals surface area contributed by atoms with E-state index >= 15 is 0 Å². The van der Waals surface area contributed by atoms with Gasteiger partial charge in [-0.1, -0.05) is 30.3 Å². The molecule has 1 rings (SSSR count). The second-order valence-corrected chi connectivity index (χ2v) is 8.25. The normalized spacial score (nSPS) is 12.7. The van der Waals surface area contributed by atoms with Gasteiger partial charge in [0, 0.05) is 12.0 Å². The van der Waals surface area contributed by atoms with Crippen LogP contribution in [0.3, 0.4) is 0 Å². The number of hydrogen-bond donors (Lipinski definition) is 2. The van der Waals surface area contributed by atoms with Crippen molar-refractivity contribution >= 4 is 30.0 Å². The topological polar surface area (TPSA) is 146 Å². The van der Waals surface area contributed by atoms with E-state index in [1.807, 2.05) is 0 Å². The number of hydrogen-bond acceptors (Lipinski definition) is 8. The average molecular weight is 448 g/mol. The van der Waals surface area contributed by atoms with Crippen LogP contribution in [-0.2, 0) is 28.6 Å². The predicted octanol–water partition coefficient (Wildman–Crippen LogP) is 2.98. The Kier molecular flexibility index (Phi) is 10.2. The summed E-state index contributed by atoms with van der Waals surface area (Å²) in [7, 11) is 0. The number of carbonyl (C=O) groups excluding carboxylic acids is 4. The lowest BCUT2D eigenvalue weighted by Gasteiger charge is -2.24. The van der Waals surface area contributed by atoms with Gasteiger partial charge in [0.25, 0.3) is 6.29 Å². The van der Waals surface area contributed by atoms with E-state index in [1.54, 1.807) is 65.0 Å². The van der Waals surface area contributed by atoms with Gasteiger partial charge < -0.3 is 19.5 Å². The monoisotopic (exact) mass is 448 g/mol. The summed E-state index contributed by atoms with van der Waals surface area (Å²) in [5, 5.41) is 2.36. The molecule has 0 aliphatic rings. The van der Waals surface area contributed by atoms with Gasteiger partial charge in [-0.2, -0.15) is 0 Å². The minimum atomic E-state index is -1.35. The van der Waals surface area contributed by atoms with Crippen molar-refractivity contribution in [3.8, 4) is 0 Å². The highest BCUT2D eigenvalue weighted by Gasteiger charge is 2.31. The van der Waals surface area contributed by atoms with E-state index in [2.05, 4.69) is 10.1 Å². The summed E-state index contributed by atoms with van der Waals surface area (Å²) in [6.45, 7) is 8.26. The van der Waals surface area contributed by atoms with Crippen LogP contribution in [0.1, 0.15) is 59.3 Å². The summed E-state index contributed by atoms with van der Waals surface area (Å²) in [6, 6.07) is 7.19. The Morgan fingerprint density at radius 1 is 1.06 bits per heavy atom. The molecule has 1 aromatic rings. The van der Waals surface area contributed by atoms with Crippen molar-refractivity contribution in [2.75, 3.05) is 0 Å². The van der Waals surface area contributed by atoms with E-state index < -0.39 is 47.7 Å². The summed E-state index contributed by atoms with van der Waals surface area (Å²) in [4.78, 5) is 51.8. The zero-order chi connectivity index (χ0) is 24.3. The van der Waals surface area contributed by atoms with Crippen molar-refractivity contribution in [2.24, 2.45) is 5.41 Å². The largest absolute Gasteiger partial charge is 0.461 e. The van der Waals surface area contributed by atoms with Crippen molar-refractivity contribution in [1.29, 1.82) is 5.53 Å². The van der Waals surface area contributed by atoms with Crippen LogP contribution in [0.4, 0.5) is 4.79 Å². The van der Waals surface area contributed by atoms with Gasteiger partial charge in [-0.25, -0.2) is 9.59 Å². The molecule has 1 amide bonds. The average Bonchev–Trinajstić information content (AvgIpc) is 2.70. The fraction of sp³-hybridized carbons (Fsp3) is 0.500. The van der Waals surface area contributed by atoms with Crippen molar-refractivity contribution in [3.05, 3.63) is 35.9 Å². The Hall–Kier alpha value is -3.52. The Bertz CT molecular complexity index is 856. The number of nitrogens with one attached hydrogen (secondary N) is 2. The van der Waals surface area contributed by atoms with Crippen LogP contribution in [0.15, 0.2) is 30.3 Å². The van der Waals surface area contributed by atoms with Crippen LogP contribution in [0.2, 0.25) is 0 Å². The molecule has 0 radical (unpaired) electrons. The number of amides is 1. The van der Waals surface area contributed by atoms with E-state index in [9.17, 15) is 19.2 Å². The molecule has 0 aliphatic heterocycles. The van der Waals surface area contributed by atoms with Crippen molar-refractivity contribution in [1.82, 2.24) is 5.32 Å². The Morgan fingerprint density at radius 3 is 2.22 bits per heavy atom. The fourth-order valence-corrected chi connectivity index (χ4v) is 2.30. The van der Waals surface area contributed by atoms with Crippen LogP contribution in [-0.4, -0.2) is 47.0 Å². The molecule has 10 heteroatoms. The van der Waals surface area contributed by atoms with Gasteiger partial charge in [-0.05, 0) is 41.0 Å². The van der Waals surface area contributed by atoms with Crippen LogP contribution < -0.4 is 5.32 Å². The van der Waals surface area contributed by atoms with Crippen LogP contribution >= 0.6 is 0 Å². The predicted molar refractivity (Wildman–Crippen MR) is 113 cm³/mol. The first kappa shape index (κ1) is 26.5. The molecule has 174 valence electrons. The van der Waals surface area contributed by atoms with Gasteiger partial charge in [0.2, 0.25) is 5.78 Å². The van der Waals surface area contributed by atoms with Gasteiger partial charge in [-0.15, -0.1) is 0 Å². The maximum atomic E-state index is 12.6. The highest BCUT2D eigenvalue weighted by atomic mass is 16.7. The number of alkyl carbamates (subject to hydrolysis) is 1. The van der Waals surface area contributed by atoms with E-state index in [0.717, 1.165) is 6.21 Å². The third-order valence-electron chi connectivity index (χ3n) is 3.93. The number of Topliss-reactive ketones (excluding diaryl/α,β-unsaturated/α-hetero) is 1. The Balaban J connectivity index is 2.98. The summed E-state index contributed by atoms with van der Waals surface area (Å²) >= 11 is 0. The number of esters is 2. The number of nitrogens with zero attached hydrogens (tertiary/aromatic N) is 1. The highest BCUT2D eigenvalue weighted by molar-refractivity contribution is 6.25.